The van der Waals surface area contributed by atoms with Crippen LogP contribution in [0.2, 0.25) is 5.02 Å². The number of aliphatic carboxylic acids is 1. The van der Waals surface area contributed by atoms with E-state index in [2.05, 4.69) is 5.10 Å². The van der Waals surface area contributed by atoms with E-state index in [0.29, 0.717) is 16.1 Å². The minimum absolute atomic E-state index is 0.0664. The molecular weight excluding hydrogens is 349 g/mol. The molecule has 25 heavy (non-hydrogen) atoms. The van der Waals surface area contributed by atoms with Crippen LogP contribution in [0.25, 0.3) is 11.4 Å². The zero-order valence-electron chi connectivity index (χ0n) is 12.9. The Morgan fingerprint density at radius 2 is 1.84 bits per heavy atom. The largest absolute Gasteiger partial charge is 0.480 e. The highest BCUT2D eigenvalue weighted by Gasteiger charge is 2.18. The molecule has 128 valence electrons. The third kappa shape index (κ3) is 3.61. The highest BCUT2D eigenvalue weighted by atomic mass is 35.5. The molecule has 0 fully saturated rings. The molecule has 6 nitrogen and oxygen atoms in total. The average Bonchev–Trinajstić information content (AvgIpc) is 2.86. The molecule has 0 aliphatic heterocycles. The van der Waals surface area contributed by atoms with Crippen LogP contribution in [-0.4, -0.2) is 25.4 Å². The number of hydrogen-bond acceptors (Lipinski definition) is 3. The first-order valence-electron chi connectivity index (χ1n) is 7.34. The van der Waals surface area contributed by atoms with Gasteiger partial charge in [0.25, 0.3) is 0 Å². The van der Waals surface area contributed by atoms with Gasteiger partial charge in [0.05, 0.1) is 6.54 Å². The van der Waals surface area contributed by atoms with Gasteiger partial charge in [-0.3, -0.25) is 9.36 Å². The minimum Gasteiger partial charge on any atom is -0.480 e. The summed E-state index contributed by atoms with van der Waals surface area (Å²) in [5.41, 5.74) is 0.243. The molecule has 1 heterocycles. The van der Waals surface area contributed by atoms with Crippen molar-refractivity contribution in [2.75, 3.05) is 0 Å². The van der Waals surface area contributed by atoms with Crippen molar-refractivity contribution >= 4 is 17.6 Å². The van der Waals surface area contributed by atoms with Gasteiger partial charge in [-0.25, -0.2) is 13.9 Å². The number of carboxylic acids is 1. The maximum atomic E-state index is 14.0. The maximum absolute atomic E-state index is 14.0. The van der Waals surface area contributed by atoms with Crippen molar-refractivity contribution in [3.05, 3.63) is 75.4 Å². The van der Waals surface area contributed by atoms with E-state index in [0.717, 1.165) is 4.68 Å². The molecule has 0 amide bonds. The van der Waals surface area contributed by atoms with Crippen LogP contribution in [0.5, 0.6) is 0 Å². The summed E-state index contributed by atoms with van der Waals surface area (Å²) in [5, 5.41) is 13.6. The number of nitrogens with zero attached hydrogens (tertiary/aromatic N) is 3. The minimum atomic E-state index is -1.19. The monoisotopic (exact) mass is 361 g/mol. The summed E-state index contributed by atoms with van der Waals surface area (Å²) in [6.45, 7) is -0.646. The molecule has 1 aromatic heterocycles. The van der Waals surface area contributed by atoms with Crippen LogP contribution in [0.1, 0.15) is 5.56 Å². The topological polar surface area (TPSA) is 77.1 Å². The Kier molecular flexibility index (Phi) is 4.67. The molecule has 0 radical (unpaired) electrons. The number of aromatic nitrogens is 3. The molecule has 8 heteroatoms. The van der Waals surface area contributed by atoms with E-state index in [9.17, 15) is 14.0 Å². The lowest BCUT2D eigenvalue weighted by Crippen LogP contribution is -2.28. The predicted octanol–water partition coefficient (Wildman–Crippen LogP) is 2.64. The molecule has 0 atom stereocenters. The zero-order valence-corrected chi connectivity index (χ0v) is 13.7. The average molecular weight is 362 g/mol. The molecule has 0 spiro atoms. The number of halogens is 2. The van der Waals surface area contributed by atoms with Crippen molar-refractivity contribution in [3.63, 3.8) is 0 Å². The van der Waals surface area contributed by atoms with Crippen molar-refractivity contribution in [1.82, 2.24) is 14.3 Å². The first-order chi connectivity index (χ1) is 12.0. The SMILES string of the molecule is O=C(O)Cn1nc(-c2ccc(Cl)cc2)n(Cc2ccccc2F)c1=O. The molecule has 0 bridgehead atoms. The fourth-order valence-electron chi connectivity index (χ4n) is 2.42. The maximum Gasteiger partial charge on any atom is 0.347 e. The third-order valence-electron chi connectivity index (χ3n) is 3.60. The van der Waals surface area contributed by atoms with Gasteiger partial charge in [0.15, 0.2) is 5.82 Å². The summed E-state index contributed by atoms with van der Waals surface area (Å²) < 4.78 is 16.0. The zero-order chi connectivity index (χ0) is 18.0. The van der Waals surface area contributed by atoms with Crippen molar-refractivity contribution in [2.24, 2.45) is 0 Å². The third-order valence-corrected chi connectivity index (χ3v) is 3.85. The van der Waals surface area contributed by atoms with Crippen molar-refractivity contribution in [2.45, 2.75) is 13.1 Å². The summed E-state index contributed by atoms with van der Waals surface area (Å²) in [7, 11) is 0. The molecule has 1 N–H and O–H groups in total. The van der Waals surface area contributed by atoms with E-state index in [1.54, 1.807) is 42.5 Å². The highest BCUT2D eigenvalue weighted by molar-refractivity contribution is 6.30. The smallest absolute Gasteiger partial charge is 0.347 e. The van der Waals surface area contributed by atoms with E-state index in [1.165, 1.54) is 10.6 Å². The number of carbonyl (C=O) groups is 1. The lowest BCUT2D eigenvalue weighted by atomic mass is 10.2. The van der Waals surface area contributed by atoms with Crippen molar-refractivity contribution < 1.29 is 14.3 Å². The summed E-state index contributed by atoms with van der Waals surface area (Å²) >= 11 is 5.87. The van der Waals surface area contributed by atoms with Crippen LogP contribution in [0.4, 0.5) is 4.39 Å². The number of rotatable bonds is 5. The van der Waals surface area contributed by atoms with Crippen LogP contribution in [0.3, 0.4) is 0 Å². The van der Waals surface area contributed by atoms with E-state index in [-0.39, 0.29) is 12.4 Å². The van der Waals surface area contributed by atoms with Crippen LogP contribution in [-0.2, 0) is 17.9 Å². The fourth-order valence-corrected chi connectivity index (χ4v) is 2.55. The predicted molar refractivity (Wildman–Crippen MR) is 90.1 cm³/mol. The molecule has 0 aliphatic rings. The Morgan fingerprint density at radius 3 is 2.48 bits per heavy atom. The van der Waals surface area contributed by atoms with Gasteiger partial charge in [0.1, 0.15) is 12.4 Å². The molecule has 0 unspecified atom stereocenters. The molecule has 2 aromatic carbocycles. The lowest BCUT2D eigenvalue weighted by Gasteiger charge is -2.07. The van der Waals surface area contributed by atoms with E-state index in [1.807, 2.05) is 0 Å². The Hall–Kier alpha value is -2.93. The second kappa shape index (κ2) is 6.90. The first-order valence-corrected chi connectivity index (χ1v) is 7.72. The van der Waals surface area contributed by atoms with Gasteiger partial charge in [0.2, 0.25) is 0 Å². The molecule has 3 aromatic rings. The van der Waals surface area contributed by atoms with E-state index >= 15 is 0 Å². The molecular formula is C17H13ClFN3O3. The van der Waals surface area contributed by atoms with Crippen LogP contribution in [0, 0.1) is 5.82 Å². The molecule has 0 aliphatic carbocycles. The first kappa shape index (κ1) is 16.9. The van der Waals surface area contributed by atoms with Gasteiger partial charge in [-0.1, -0.05) is 29.8 Å². The summed E-state index contributed by atoms with van der Waals surface area (Å²) in [4.78, 5) is 23.5. The number of hydrogen-bond donors (Lipinski definition) is 1. The van der Waals surface area contributed by atoms with Gasteiger partial charge in [0, 0.05) is 16.1 Å². The Labute approximate surface area is 146 Å². The molecule has 0 saturated heterocycles. The Morgan fingerprint density at radius 1 is 1.16 bits per heavy atom. The van der Waals surface area contributed by atoms with Gasteiger partial charge >= 0.3 is 11.7 Å². The van der Waals surface area contributed by atoms with E-state index < -0.39 is 24.0 Å². The Bertz CT molecular complexity index is 980. The van der Waals surface area contributed by atoms with Crippen LogP contribution < -0.4 is 5.69 Å². The second-order valence-corrected chi connectivity index (χ2v) is 5.78. The summed E-state index contributed by atoms with van der Waals surface area (Å²) in [5.74, 6) is -1.41. The fraction of sp³-hybridized carbons (Fsp3) is 0.118. The molecule has 3 rings (SSSR count). The summed E-state index contributed by atoms with van der Waals surface area (Å²) in [6, 6.07) is 12.6. The summed E-state index contributed by atoms with van der Waals surface area (Å²) in [6.07, 6.45) is 0. The van der Waals surface area contributed by atoms with E-state index in [4.69, 9.17) is 16.7 Å². The Balaban J connectivity index is 2.12. The van der Waals surface area contributed by atoms with Gasteiger partial charge < -0.3 is 5.11 Å². The second-order valence-electron chi connectivity index (χ2n) is 5.34. The van der Waals surface area contributed by atoms with Crippen LogP contribution in [0.15, 0.2) is 53.3 Å². The molecule has 0 saturated carbocycles. The van der Waals surface area contributed by atoms with Gasteiger partial charge in [-0.2, -0.15) is 0 Å². The number of carboxylic acid groups (broad SMARTS) is 1. The normalized spacial score (nSPS) is 10.8. The number of benzene rings is 2. The van der Waals surface area contributed by atoms with Crippen LogP contribution >= 0.6 is 11.6 Å². The van der Waals surface area contributed by atoms with Crippen molar-refractivity contribution in [1.29, 1.82) is 0 Å². The van der Waals surface area contributed by atoms with Gasteiger partial charge in [-0.05, 0) is 30.3 Å². The quantitative estimate of drug-likeness (QED) is 0.758. The highest BCUT2D eigenvalue weighted by Crippen LogP contribution is 2.20. The van der Waals surface area contributed by atoms with Gasteiger partial charge in [-0.15, -0.1) is 5.10 Å². The lowest BCUT2D eigenvalue weighted by molar-refractivity contribution is -0.137. The van der Waals surface area contributed by atoms with Crippen molar-refractivity contribution in [3.8, 4) is 11.4 Å². The standard InChI is InChI=1S/C17H13ClFN3O3/c18-13-7-5-11(6-8-13)16-20-22(10-15(23)24)17(25)21(16)9-12-3-1-2-4-14(12)19/h1-8H,9-10H2,(H,23,24).